The minimum absolute atomic E-state index is 0.233. The Morgan fingerprint density at radius 3 is 1.94 bits per heavy atom. The van der Waals surface area contributed by atoms with Gasteiger partial charge in [-0.2, -0.15) is 12.6 Å². The Morgan fingerprint density at radius 2 is 1.48 bits per heavy atom. The van der Waals surface area contributed by atoms with Crippen LogP contribution in [0.15, 0.2) is 0 Å². The van der Waals surface area contributed by atoms with Crippen molar-refractivity contribution in [2.75, 3.05) is 26.0 Å². The largest absolute Gasteiger partial charge is 0.480 e. The number of primary amides is 1. The number of carbonyl (C=O) groups excluding carboxylic acids is 5. The maximum atomic E-state index is 12.2. The number of aliphatic hydroxyl groups excluding tert-OH is 1. The molecule has 0 saturated carbocycles. The fraction of sp³-hybridized carbons (Fsp3) is 0.600. The minimum Gasteiger partial charge on any atom is -0.480 e. The molecule has 14 nitrogen and oxygen atoms in total. The normalized spacial score (nSPS) is 12.7. The van der Waals surface area contributed by atoms with Crippen LogP contribution in [0.25, 0.3) is 0 Å². The molecule has 3 atom stereocenters. The zero-order chi connectivity index (χ0) is 24.6. The van der Waals surface area contributed by atoms with Crippen LogP contribution in [0.1, 0.15) is 13.3 Å². The Balaban J connectivity index is 0. The van der Waals surface area contributed by atoms with Crippen LogP contribution in [-0.4, -0.2) is 89.8 Å². The molecule has 5 amide bonds. The smallest absolute Gasteiger partial charge is 0.322 e. The van der Waals surface area contributed by atoms with Crippen molar-refractivity contribution in [1.82, 2.24) is 26.0 Å². The number of carbonyl (C=O) groups is 6. The van der Waals surface area contributed by atoms with Crippen molar-refractivity contribution in [2.24, 2.45) is 5.73 Å². The van der Waals surface area contributed by atoms with E-state index in [2.05, 4.69) is 46.1 Å². The van der Waals surface area contributed by atoms with Crippen LogP contribution in [0.2, 0.25) is 0 Å². The standard InChI is InChI=1S/C14H24N6O8S.CH4S/c1-6(18-14(28)8(5-21)19-10(23)3-17-29)12(26)20-7(2-9(15)22)13(27)16-4-11(24)25;1-2/h6-8,17,21,29H,2-5H2,1H3,(H2,15,22)(H,16,27)(H,18,28)(H,19,23)(H,20,26)(H,24,25);2H,1H3/t6?,7-,8?;/m0./s1. The molecule has 0 spiro atoms. The second kappa shape index (κ2) is 17.2. The van der Waals surface area contributed by atoms with Gasteiger partial charge in [-0.15, -0.1) is 0 Å². The number of nitrogens with two attached hydrogens (primary N) is 1. The third-order valence-corrected chi connectivity index (χ3v) is 3.44. The van der Waals surface area contributed by atoms with Gasteiger partial charge in [0.1, 0.15) is 24.7 Å². The summed E-state index contributed by atoms with van der Waals surface area (Å²) < 4.78 is 2.25. The van der Waals surface area contributed by atoms with E-state index in [0.29, 0.717) is 0 Å². The first-order chi connectivity index (χ1) is 14.5. The number of amides is 5. The highest BCUT2D eigenvalue weighted by atomic mass is 32.1. The van der Waals surface area contributed by atoms with Gasteiger partial charge in [0.15, 0.2) is 0 Å². The Labute approximate surface area is 189 Å². The molecule has 0 saturated heterocycles. The summed E-state index contributed by atoms with van der Waals surface area (Å²) in [6.45, 7) is -0.478. The molecule has 2 unspecified atom stereocenters. The zero-order valence-electron chi connectivity index (χ0n) is 16.9. The van der Waals surface area contributed by atoms with Crippen LogP contribution < -0.4 is 31.7 Å². The highest BCUT2D eigenvalue weighted by molar-refractivity contribution is 7.79. The van der Waals surface area contributed by atoms with E-state index >= 15 is 0 Å². The van der Waals surface area contributed by atoms with Crippen molar-refractivity contribution >= 4 is 60.9 Å². The van der Waals surface area contributed by atoms with Crippen LogP contribution in [0, 0.1) is 0 Å². The molecule has 0 aromatic rings. The molecular formula is C15H28N6O8S2. The average Bonchev–Trinajstić information content (AvgIpc) is 2.70. The van der Waals surface area contributed by atoms with Crippen molar-refractivity contribution in [3.63, 3.8) is 0 Å². The molecule has 0 aliphatic heterocycles. The number of carboxylic acid groups (broad SMARTS) is 1. The maximum Gasteiger partial charge on any atom is 0.322 e. The van der Waals surface area contributed by atoms with E-state index in [0.717, 1.165) is 0 Å². The predicted octanol–water partition coefficient (Wildman–Crippen LogP) is -4.49. The van der Waals surface area contributed by atoms with Gasteiger partial charge in [-0.3, -0.25) is 33.5 Å². The molecule has 0 fully saturated rings. The van der Waals surface area contributed by atoms with E-state index in [-0.39, 0.29) is 6.54 Å². The molecule has 31 heavy (non-hydrogen) atoms. The van der Waals surface area contributed by atoms with Crippen LogP contribution >= 0.6 is 25.4 Å². The number of rotatable bonds is 13. The van der Waals surface area contributed by atoms with Gasteiger partial charge in [-0.25, -0.2) is 0 Å². The van der Waals surface area contributed by atoms with Gasteiger partial charge >= 0.3 is 5.97 Å². The van der Waals surface area contributed by atoms with Crippen LogP contribution in [0.4, 0.5) is 0 Å². The zero-order valence-corrected chi connectivity index (χ0v) is 18.7. The summed E-state index contributed by atoms with van der Waals surface area (Å²) >= 11 is 7.15. The lowest BCUT2D eigenvalue weighted by atomic mass is 10.1. The Hall–Kier alpha value is -2.56. The quantitative estimate of drug-likeness (QED) is 0.113. The van der Waals surface area contributed by atoms with Crippen molar-refractivity contribution < 1.29 is 39.0 Å². The Morgan fingerprint density at radius 1 is 0.903 bits per heavy atom. The van der Waals surface area contributed by atoms with Gasteiger partial charge < -0.3 is 37.2 Å². The summed E-state index contributed by atoms with van der Waals surface area (Å²) in [7, 11) is 0. The van der Waals surface area contributed by atoms with Crippen molar-refractivity contribution in [2.45, 2.75) is 31.5 Å². The second-order valence-electron chi connectivity index (χ2n) is 5.71. The second-order valence-corrected chi connectivity index (χ2v) is 6.03. The molecule has 0 aliphatic rings. The number of hydrogen-bond acceptors (Lipinski definition) is 10. The van der Waals surface area contributed by atoms with Gasteiger partial charge in [0.05, 0.1) is 19.6 Å². The molecule has 0 heterocycles. The summed E-state index contributed by atoms with van der Waals surface area (Å²) in [5, 5.41) is 26.4. The molecule has 0 rings (SSSR count). The van der Waals surface area contributed by atoms with E-state index in [1.165, 1.54) is 6.92 Å². The predicted molar refractivity (Wildman–Crippen MR) is 115 cm³/mol. The Kier molecular flexibility index (Phi) is 17.0. The van der Waals surface area contributed by atoms with Crippen LogP contribution in [0.5, 0.6) is 0 Å². The van der Waals surface area contributed by atoms with E-state index in [4.69, 9.17) is 10.8 Å². The number of nitrogens with one attached hydrogen (secondary N) is 5. The first-order valence-corrected chi connectivity index (χ1v) is 9.96. The Bertz CT molecular complexity index is 651. The van der Waals surface area contributed by atoms with Crippen LogP contribution in [-0.2, 0) is 28.8 Å². The molecule has 0 aliphatic carbocycles. The molecule has 9 N–H and O–H groups in total. The fourth-order valence-corrected chi connectivity index (χ4v) is 2.03. The monoisotopic (exact) mass is 484 g/mol. The molecule has 0 radical (unpaired) electrons. The van der Waals surface area contributed by atoms with Gasteiger partial charge in [-0.1, -0.05) is 12.8 Å². The minimum atomic E-state index is -1.46. The van der Waals surface area contributed by atoms with E-state index < -0.39 is 73.2 Å². The topological polar surface area (TPSA) is 229 Å². The molecule has 0 aromatic heterocycles. The SMILES string of the molecule is CC(NC(=O)C(CO)NC(=O)CNS)C(=O)N[C@@H](CC(N)=O)C(=O)NCC(=O)O.CS. The highest BCUT2D eigenvalue weighted by Crippen LogP contribution is 1.95. The highest BCUT2D eigenvalue weighted by Gasteiger charge is 2.28. The lowest BCUT2D eigenvalue weighted by molar-refractivity contribution is -0.138. The van der Waals surface area contributed by atoms with Gasteiger partial charge in [0.2, 0.25) is 29.5 Å². The molecule has 16 heteroatoms. The summed E-state index contributed by atoms with van der Waals surface area (Å²) in [6.07, 6.45) is 1.09. The van der Waals surface area contributed by atoms with Crippen molar-refractivity contribution in [3.05, 3.63) is 0 Å². The lowest BCUT2D eigenvalue weighted by Crippen LogP contribution is -2.57. The average molecular weight is 485 g/mol. The van der Waals surface area contributed by atoms with Crippen molar-refractivity contribution in [3.8, 4) is 0 Å². The van der Waals surface area contributed by atoms with Gasteiger partial charge in [0.25, 0.3) is 0 Å². The van der Waals surface area contributed by atoms with E-state index in [9.17, 15) is 33.9 Å². The molecule has 0 bridgehead atoms. The number of hydrogen-bond donors (Lipinski definition) is 10. The molecule has 0 aromatic carbocycles. The first kappa shape index (κ1) is 30.6. The van der Waals surface area contributed by atoms with Gasteiger partial charge in [0, 0.05) is 0 Å². The summed E-state index contributed by atoms with van der Waals surface area (Å²) in [5.74, 6) is -5.65. The number of aliphatic carboxylic acids is 1. The van der Waals surface area contributed by atoms with E-state index in [1.807, 2.05) is 5.32 Å². The number of carboxylic acids is 1. The fourth-order valence-electron chi connectivity index (χ4n) is 1.88. The number of thiol groups is 2. The third kappa shape index (κ3) is 14.1. The lowest BCUT2D eigenvalue weighted by Gasteiger charge is -2.22. The summed E-state index contributed by atoms with van der Waals surface area (Å²) in [4.78, 5) is 69.3. The first-order valence-electron chi connectivity index (χ1n) is 8.62. The maximum absolute atomic E-state index is 12.2. The summed E-state index contributed by atoms with van der Waals surface area (Å²) in [6, 6.07) is -4.05. The number of aliphatic hydroxyl groups is 1. The molecule has 178 valence electrons. The van der Waals surface area contributed by atoms with Crippen molar-refractivity contribution in [1.29, 1.82) is 0 Å². The molecular weight excluding hydrogens is 456 g/mol. The van der Waals surface area contributed by atoms with Gasteiger partial charge in [-0.05, 0) is 13.2 Å². The van der Waals surface area contributed by atoms with Crippen LogP contribution in [0.3, 0.4) is 0 Å². The van der Waals surface area contributed by atoms with E-state index in [1.54, 1.807) is 6.26 Å². The third-order valence-electron chi connectivity index (χ3n) is 3.28. The summed E-state index contributed by atoms with van der Waals surface area (Å²) in [5.41, 5.74) is 5.01.